The van der Waals surface area contributed by atoms with E-state index in [1.165, 1.54) is 0 Å². The lowest BCUT2D eigenvalue weighted by molar-refractivity contribution is -0.119. The summed E-state index contributed by atoms with van der Waals surface area (Å²) >= 11 is 6.02. The Morgan fingerprint density at radius 3 is 2.36 bits per heavy atom. The van der Waals surface area contributed by atoms with Crippen molar-refractivity contribution in [1.82, 2.24) is 29.8 Å². The fourth-order valence-electron chi connectivity index (χ4n) is 2.88. The van der Waals surface area contributed by atoms with Gasteiger partial charge in [-0.1, -0.05) is 11.6 Å². The Balaban J connectivity index is 1.74. The van der Waals surface area contributed by atoms with E-state index in [-0.39, 0.29) is 5.78 Å². The fraction of sp³-hybridized carbons (Fsp3) is 0.312. The molecule has 0 saturated carbocycles. The van der Waals surface area contributed by atoms with Gasteiger partial charge in [0.25, 0.3) is 0 Å². The Morgan fingerprint density at radius 2 is 1.68 bits per heavy atom. The van der Waals surface area contributed by atoms with Crippen LogP contribution in [0.2, 0.25) is 5.02 Å². The maximum atomic E-state index is 11.5. The molecule has 1 fully saturated rings. The second-order valence-electron chi connectivity index (χ2n) is 5.81. The molecule has 0 bridgehead atoms. The number of hydrogen-bond acceptors (Lipinski definition) is 6. The minimum atomic E-state index is 0.287. The molecule has 0 aliphatic carbocycles. The van der Waals surface area contributed by atoms with Crippen molar-refractivity contribution in [3.8, 4) is 5.69 Å². The number of piperidine rings is 1. The summed E-state index contributed by atoms with van der Waals surface area (Å²) < 4.78 is 1.97. The van der Waals surface area contributed by atoms with Gasteiger partial charge >= 0.3 is 0 Å². The highest BCUT2D eigenvalue weighted by Gasteiger charge is 2.24. The predicted molar refractivity (Wildman–Crippen MR) is 91.9 cm³/mol. The second-order valence-corrected chi connectivity index (χ2v) is 6.25. The van der Waals surface area contributed by atoms with E-state index in [4.69, 9.17) is 11.6 Å². The maximum Gasteiger partial charge on any atom is 0.231 e. The van der Waals surface area contributed by atoms with Gasteiger partial charge in [0.1, 0.15) is 12.3 Å². The molecule has 0 unspecified atom stereocenters. The van der Waals surface area contributed by atoms with E-state index < -0.39 is 0 Å². The van der Waals surface area contributed by atoms with Crippen molar-refractivity contribution in [3.05, 3.63) is 47.5 Å². The first-order valence-electron chi connectivity index (χ1n) is 8.02. The molecule has 2 aromatic heterocycles. The van der Waals surface area contributed by atoms with E-state index in [1.54, 1.807) is 17.2 Å². The Kier molecular flexibility index (Phi) is 4.19. The van der Waals surface area contributed by atoms with Crippen LogP contribution in [-0.4, -0.2) is 48.6 Å². The first kappa shape index (κ1) is 15.8. The number of Topliss-reactive ketones (excluding diaryl/α,β-unsaturated/α-hetero) is 1. The van der Waals surface area contributed by atoms with E-state index in [0.29, 0.717) is 43.3 Å². The second kappa shape index (κ2) is 6.64. The third kappa shape index (κ3) is 3.25. The zero-order valence-electron chi connectivity index (χ0n) is 13.4. The number of ketones is 1. The zero-order chi connectivity index (χ0) is 17.2. The molecular formula is C16H16ClN7O. The van der Waals surface area contributed by atoms with Crippen molar-refractivity contribution in [2.75, 3.05) is 18.0 Å². The average Bonchev–Trinajstić information content (AvgIpc) is 3.27. The summed E-state index contributed by atoms with van der Waals surface area (Å²) in [6.45, 7) is 1.69. The van der Waals surface area contributed by atoms with Crippen LogP contribution in [0.1, 0.15) is 18.7 Å². The molecule has 3 aromatic rings. The Labute approximate surface area is 149 Å². The number of carbonyl (C=O) groups excluding carboxylic acids is 1. The minimum Gasteiger partial charge on any atom is -0.340 e. The number of halogens is 1. The first-order chi connectivity index (χ1) is 12.2. The van der Waals surface area contributed by atoms with Crippen LogP contribution in [0.15, 0.2) is 36.7 Å². The monoisotopic (exact) mass is 357 g/mol. The molecule has 1 aliphatic rings. The van der Waals surface area contributed by atoms with Gasteiger partial charge in [-0.15, -0.1) is 10.2 Å². The van der Waals surface area contributed by atoms with Crippen LogP contribution in [0.25, 0.3) is 5.69 Å². The first-order valence-corrected chi connectivity index (χ1v) is 8.39. The third-order valence-corrected chi connectivity index (χ3v) is 4.40. The van der Waals surface area contributed by atoms with E-state index in [2.05, 4.69) is 25.3 Å². The van der Waals surface area contributed by atoms with Crippen LogP contribution in [0.5, 0.6) is 0 Å². The lowest BCUT2D eigenvalue weighted by Crippen LogP contribution is -2.35. The van der Waals surface area contributed by atoms with Gasteiger partial charge in [0.15, 0.2) is 5.82 Å². The van der Waals surface area contributed by atoms with Gasteiger partial charge in [0, 0.05) is 31.0 Å². The van der Waals surface area contributed by atoms with Crippen LogP contribution in [0, 0.1) is 0 Å². The Hall–Kier alpha value is -2.74. The van der Waals surface area contributed by atoms with Crippen LogP contribution >= 0.6 is 11.6 Å². The van der Waals surface area contributed by atoms with Crippen molar-refractivity contribution in [1.29, 1.82) is 0 Å². The normalized spacial score (nSPS) is 14.9. The number of hydrogen-bond donors (Lipinski definition) is 0. The van der Waals surface area contributed by atoms with Gasteiger partial charge in [-0.2, -0.15) is 15.0 Å². The average molecular weight is 358 g/mol. The summed E-state index contributed by atoms with van der Waals surface area (Å²) in [5, 5.41) is 17.6. The number of rotatable bonds is 4. The molecule has 0 spiro atoms. The number of carbonyl (C=O) groups is 1. The largest absolute Gasteiger partial charge is 0.340 e. The molecular weight excluding hydrogens is 342 g/mol. The summed E-state index contributed by atoms with van der Waals surface area (Å²) in [6, 6.07) is 7.50. The van der Waals surface area contributed by atoms with Crippen LogP contribution in [0.3, 0.4) is 0 Å². The van der Waals surface area contributed by atoms with Gasteiger partial charge in [-0.05, 0) is 24.3 Å². The Morgan fingerprint density at radius 1 is 1.00 bits per heavy atom. The molecule has 25 heavy (non-hydrogen) atoms. The van der Waals surface area contributed by atoms with Crippen molar-refractivity contribution in [3.63, 3.8) is 0 Å². The summed E-state index contributed by atoms with van der Waals surface area (Å²) in [4.78, 5) is 15.2. The van der Waals surface area contributed by atoms with E-state index in [9.17, 15) is 4.79 Å². The summed E-state index contributed by atoms with van der Waals surface area (Å²) in [7, 11) is 0. The molecule has 128 valence electrons. The molecule has 1 aliphatic heterocycles. The van der Waals surface area contributed by atoms with Crippen LogP contribution in [-0.2, 0) is 11.3 Å². The topological polar surface area (TPSA) is 81.7 Å². The van der Waals surface area contributed by atoms with Gasteiger partial charge < -0.3 is 4.90 Å². The molecule has 0 amide bonds. The molecule has 0 N–H and O–H groups in total. The van der Waals surface area contributed by atoms with Gasteiger partial charge in [-0.25, -0.2) is 0 Å². The van der Waals surface area contributed by atoms with Gasteiger partial charge in [-0.3, -0.25) is 9.36 Å². The highest BCUT2D eigenvalue weighted by atomic mass is 35.5. The summed E-state index contributed by atoms with van der Waals surface area (Å²) in [5.41, 5.74) is 0.906. The van der Waals surface area contributed by atoms with Gasteiger partial charge in [0.05, 0.1) is 18.1 Å². The number of anilines is 1. The smallest absolute Gasteiger partial charge is 0.231 e. The van der Waals surface area contributed by atoms with Crippen LogP contribution in [0.4, 0.5) is 5.95 Å². The van der Waals surface area contributed by atoms with E-state index >= 15 is 0 Å². The van der Waals surface area contributed by atoms with Crippen LogP contribution < -0.4 is 4.90 Å². The van der Waals surface area contributed by atoms with E-state index in [1.807, 2.05) is 28.8 Å². The van der Waals surface area contributed by atoms with Crippen molar-refractivity contribution in [2.24, 2.45) is 0 Å². The molecule has 0 atom stereocenters. The SMILES string of the molecule is O=C1CCN(c2nnc(Cn3nccn3)n2-c2ccc(Cl)cc2)CC1. The number of aromatic nitrogens is 6. The molecule has 3 heterocycles. The minimum absolute atomic E-state index is 0.287. The van der Waals surface area contributed by atoms with Gasteiger partial charge in [0.2, 0.25) is 5.95 Å². The molecule has 0 radical (unpaired) electrons. The molecule has 4 rings (SSSR count). The Bertz CT molecular complexity index is 863. The molecule has 8 nitrogen and oxygen atoms in total. The lowest BCUT2D eigenvalue weighted by Gasteiger charge is -2.27. The number of benzene rings is 1. The van der Waals surface area contributed by atoms with Crippen molar-refractivity contribution in [2.45, 2.75) is 19.4 Å². The highest BCUT2D eigenvalue weighted by Crippen LogP contribution is 2.24. The molecule has 1 saturated heterocycles. The molecule has 1 aromatic carbocycles. The lowest BCUT2D eigenvalue weighted by atomic mass is 10.1. The third-order valence-electron chi connectivity index (χ3n) is 4.15. The number of nitrogens with zero attached hydrogens (tertiary/aromatic N) is 7. The zero-order valence-corrected chi connectivity index (χ0v) is 14.2. The van der Waals surface area contributed by atoms with Crippen molar-refractivity contribution < 1.29 is 4.79 Å². The fourth-order valence-corrected chi connectivity index (χ4v) is 3.00. The predicted octanol–water partition coefficient (Wildman–Crippen LogP) is 1.73. The van der Waals surface area contributed by atoms with Crippen molar-refractivity contribution >= 4 is 23.3 Å². The molecule has 9 heteroatoms. The quantitative estimate of drug-likeness (QED) is 0.707. The summed E-state index contributed by atoms with van der Waals surface area (Å²) in [5.74, 6) is 1.72. The summed E-state index contributed by atoms with van der Waals surface area (Å²) in [6.07, 6.45) is 4.31. The standard InChI is InChI=1S/C16H16ClN7O/c17-12-1-3-13(4-2-12)24-15(11-23-18-7-8-19-23)20-21-16(24)22-9-5-14(25)6-10-22/h1-4,7-8H,5-6,9-11H2. The maximum absolute atomic E-state index is 11.5. The highest BCUT2D eigenvalue weighted by molar-refractivity contribution is 6.30. The van der Waals surface area contributed by atoms with E-state index in [0.717, 1.165) is 11.6 Å².